The largest absolute Gasteiger partial charge is 0.510 e. The number of rotatable bonds is 13. The van der Waals surface area contributed by atoms with E-state index in [0.29, 0.717) is 0 Å². The molecule has 0 spiro atoms. The molecule has 3 aliphatic rings. The standard InChI is InChI=1S/C23H37FN5O14P/c1-7-35-16-14-15(27-19(25)28-16)29(9-26-14)18-22(6,33)17(30)23(24,43-18)8-38-44(34,39-10-36-20(31)41-12(2)3)40-11-37-21(32)42-13(4)5/h9,12-15,17-18,30,33H,7-8,10-11H2,1-6H3,(H2,25,27)/t14?,15?,17-,18+,22+,23+/m0/s1. The van der Waals surface area contributed by atoms with Crippen molar-refractivity contribution in [3.05, 3.63) is 0 Å². The number of fused-ring (bicyclic) bond motifs is 1. The molecule has 0 amide bonds. The van der Waals surface area contributed by atoms with Crippen molar-refractivity contribution in [3.63, 3.8) is 0 Å². The highest BCUT2D eigenvalue weighted by molar-refractivity contribution is 7.48. The fourth-order valence-corrected chi connectivity index (χ4v) is 4.94. The Morgan fingerprint density at radius 1 is 1.14 bits per heavy atom. The number of hydrogen-bond acceptors (Lipinski definition) is 19. The van der Waals surface area contributed by atoms with Crippen LogP contribution in [0.5, 0.6) is 0 Å². The van der Waals surface area contributed by atoms with Crippen LogP contribution in [0.4, 0.5) is 14.0 Å². The van der Waals surface area contributed by atoms with Crippen molar-refractivity contribution in [1.29, 1.82) is 0 Å². The molecule has 3 heterocycles. The molecule has 0 radical (unpaired) electrons. The van der Waals surface area contributed by atoms with E-state index in [1.165, 1.54) is 38.9 Å². The van der Waals surface area contributed by atoms with Gasteiger partial charge in [-0.1, -0.05) is 0 Å². The van der Waals surface area contributed by atoms with Gasteiger partial charge in [0, 0.05) is 0 Å². The summed E-state index contributed by atoms with van der Waals surface area (Å²) in [5.41, 5.74) is 3.45. The first-order valence-electron chi connectivity index (χ1n) is 13.3. The van der Waals surface area contributed by atoms with E-state index in [1.54, 1.807) is 6.92 Å². The summed E-state index contributed by atoms with van der Waals surface area (Å²) in [5, 5.41) is 21.9. The van der Waals surface area contributed by atoms with E-state index >= 15 is 4.39 Å². The minimum absolute atomic E-state index is 0.131. The quantitative estimate of drug-likeness (QED) is 0.143. The summed E-state index contributed by atoms with van der Waals surface area (Å²) < 4.78 is 73.8. The number of carbonyl (C=O) groups is 2. The molecule has 0 saturated carbocycles. The maximum atomic E-state index is 16.1. The third-order valence-electron chi connectivity index (χ3n) is 5.88. The van der Waals surface area contributed by atoms with Gasteiger partial charge in [-0.05, 0) is 41.5 Å². The molecular formula is C23H37FN5O14P. The maximum Gasteiger partial charge on any atom is 0.510 e. The number of nitrogens with two attached hydrogens (primary N) is 1. The van der Waals surface area contributed by atoms with Gasteiger partial charge in [-0.2, -0.15) is 4.99 Å². The lowest BCUT2D eigenvalue weighted by Crippen LogP contribution is -2.57. The minimum Gasteiger partial charge on any atom is -0.479 e. The zero-order valence-corrected chi connectivity index (χ0v) is 25.7. The molecule has 1 fully saturated rings. The van der Waals surface area contributed by atoms with Crippen LogP contribution in [0, 0.1) is 0 Å². The summed E-state index contributed by atoms with van der Waals surface area (Å²) in [4.78, 5) is 36.9. The van der Waals surface area contributed by atoms with Gasteiger partial charge in [0.25, 0.3) is 5.85 Å². The number of alkyl halides is 1. The smallest absolute Gasteiger partial charge is 0.479 e. The van der Waals surface area contributed by atoms with Gasteiger partial charge in [-0.3, -0.25) is 9.52 Å². The highest BCUT2D eigenvalue weighted by atomic mass is 31.2. The Bertz CT molecular complexity index is 1150. The number of hydrogen-bond donors (Lipinski definition) is 3. The predicted octanol–water partition coefficient (Wildman–Crippen LogP) is 1.12. The van der Waals surface area contributed by atoms with Crippen LogP contribution >= 0.6 is 7.82 Å². The monoisotopic (exact) mass is 657 g/mol. The molecule has 0 aromatic carbocycles. The minimum atomic E-state index is -4.95. The Morgan fingerprint density at radius 3 is 2.23 bits per heavy atom. The Labute approximate surface area is 251 Å². The predicted molar refractivity (Wildman–Crippen MR) is 145 cm³/mol. The molecule has 0 aromatic rings. The number of aliphatic imine (C=N–C) groups is 3. The molecule has 3 rings (SSSR count). The number of guanidine groups is 1. The highest BCUT2D eigenvalue weighted by Gasteiger charge is 2.66. The summed E-state index contributed by atoms with van der Waals surface area (Å²) >= 11 is 0. The molecule has 6 atom stereocenters. The van der Waals surface area contributed by atoms with E-state index in [0.717, 1.165) is 6.92 Å². The fourth-order valence-electron chi connectivity index (χ4n) is 4.02. The average Bonchev–Trinajstić information content (AvgIpc) is 3.39. The zero-order chi connectivity index (χ0) is 32.9. The average molecular weight is 658 g/mol. The van der Waals surface area contributed by atoms with Gasteiger partial charge in [-0.15, -0.1) is 0 Å². The van der Waals surface area contributed by atoms with Crippen LogP contribution in [0.1, 0.15) is 41.5 Å². The molecule has 2 unspecified atom stereocenters. The van der Waals surface area contributed by atoms with E-state index in [-0.39, 0.29) is 18.5 Å². The first-order chi connectivity index (χ1) is 20.5. The van der Waals surface area contributed by atoms with Crippen LogP contribution in [-0.2, 0) is 46.6 Å². The SMILES string of the molecule is CCOC1=NC(N)=NC2C1N=CN2[C@@H]1O[C@](F)(COP(=O)(OCOC(=O)OC(C)C)OCOC(=O)OC(C)C)[C@@H](O)[C@@]1(C)O. The molecule has 21 heteroatoms. The molecule has 44 heavy (non-hydrogen) atoms. The van der Waals surface area contributed by atoms with E-state index in [4.69, 9.17) is 38.3 Å². The van der Waals surface area contributed by atoms with Crippen molar-refractivity contribution in [3.8, 4) is 0 Å². The molecule has 19 nitrogen and oxygen atoms in total. The van der Waals surface area contributed by atoms with Crippen LogP contribution in [0.2, 0.25) is 0 Å². The number of halogens is 1. The normalized spacial score (nSPS) is 29.8. The van der Waals surface area contributed by atoms with Crippen molar-refractivity contribution in [1.82, 2.24) is 4.90 Å². The molecule has 0 bridgehead atoms. The summed E-state index contributed by atoms with van der Waals surface area (Å²) in [5.74, 6) is -3.29. The lowest BCUT2D eigenvalue weighted by atomic mass is 9.94. The van der Waals surface area contributed by atoms with Crippen molar-refractivity contribution < 1.29 is 70.8 Å². The number of aliphatic hydroxyl groups excluding tert-OH is 1. The van der Waals surface area contributed by atoms with Crippen LogP contribution < -0.4 is 5.73 Å². The third-order valence-corrected chi connectivity index (χ3v) is 7.17. The van der Waals surface area contributed by atoms with Gasteiger partial charge in [0.05, 0.1) is 25.2 Å². The van der Waals surface area contributed by atoms with E-state index in [9.17, 15) is 24.4 Å². The molecule has 3 aliphatic heterocycles. The van der Waals surface area contributed by atoms with Gasteiger partial charge in [0.15, 0.2) is 18.4 Å². The number of phosphoric acid groups is 1. The number of carbonyl (C=O) groups excluding carboxylic acids is 2. The van der Waals surface area contributed by atoms with Gasteiger partial charge in [-0.25, -0.2) is 32.6 Å². The number of phosphoric ester groups is 1. The summed E-state index contributed by atoms with van der Waals surface area (Å²) in [6.45, 7) is 5.68. The number of nitrogens with zero attached hydrogens (tertiary/aromatic N) is 4. The lowest BCUT2D eigenvalue weighted by molar-refractivity contribution is -0.210. The Kier molecular flexibility index (Phi) is 11.5. The highest BCUT2D eigenvalue weighted by Crippen LogP contribution is 2.52. The van der Waals surface area contributed by atoms with Gasteiger partial charge in [0.1, 0.15) is 18.3 Å². The number of ether oxygens (including phenoxy) is 6. The Hall–Kier alpha value is -3.13. The second-order valence-corrected chi connectivity index (χ2v) is 11.8. The Morgan fingerprint density at radius 2 is 1.70 bits per heavy atom. The maximum absolute atomic E-state index is 16.1. The first kappa shape index (κ1) is 35.4. The molecule has 0 aromatic heterocycles. The third kappa shape index (κ3) is 8.52. The van der Waals surface area contributed by atoms with Crippen molar-refractivity contribution in [2.75, 3.05) is 26.8 Å². The topological polar surface area (TPSA) is 241 Å². The van der Waals surface area contributed by atoms with Crippen molar-refractivity contribution >= 4 is 38.3 Å². The summed E-state index contributed by atoms with van der Waals surface area (Å²) in [7, 11) is -4.95. The second kappa shape index (κ2) is 14.3. The van der Waals surface area contributed by atoms with E-state index in [1.807, 2.05) is 0 Å². The molecule has 4 N–H and O–H groups in total. The Balaban J connectivity index is 1.73. The first-order valence-corrected chi connectivity index (χ1v) is 14.8. The summed E-state index contributed by atoms with van der Waals surface area (Å²) in [6.07, 6.45) is -7.26. The lowest BCUT2D eigenvalue weighted by Gasteiger charge is -2.36. The van der Waals surface area contributed by atoms with E-state index in [2.05, 4.69) is 24.5 Å². The molecule has 0 aliphatic carbocycles. The zero-order valence-electron chi connectivity index (χ0n) is 24.9. The van der Waals surface area contributed by atoms with Crippen molar-refractivity contribution in [2.24, 2.45) is 20.7 Å². The fraction of sp³-hybridized carbons (Fsp3) is 0.783. The van der Waals surface area contributed by atoms with Crippen LogP contribution in [0.25, 0.3) is 0 Å². The van der Waals surface area contributed by atoms with Crippen LogP contribution in [0.15, 0.2) is 15.0 Å². The van der Waals surface area contributed by atoms with Gasteiger partial charge >= 0.3 is 20.1 Å². The summed E-state index contributed by atoms with van der Waals surface area (Å²) in [6, 6.07) is -0.809. The second-order valence-electron chi connectivity index (χ2n) is 10.2. The molecule has 1 saturated heterocycles. The van der Waals surface area contributed by atoms with Crippen molar-refractivity contribution in [2.45, 2.75) is 89.7 Å². The van der Waals surface area contributed by atoms with Crippen LogP contribution in [-0.4, -0.2) is 121 Å². The number of aliphatic hydroxyl groups is 2. The molecule has 250 valence electrons. The molecular weight excluding hydrogens is 620 g/mol. The van der Waals surface area contributed by atoms with Gasteiger partial charge in [0.2, 0.25) is 25.4 Å². The van der Waals surface area contributed by atoms with E-state index < -0.39 is 88.5 Å². The van der Waals surface area contributed by atoms with Gasteiger partial charge < -0.3 is 49.3 Å². The van der Waals surface area contributed by atoms with Crippen LogP contribution in [0.3, 0.4) is 0 Å².